The zero-order chi connectivity index (χ0) is 20.9. The van der Waals surface area contributed by atoms with Crippen LogP contribution >= 0.6 is 0 Å². The second kappa shape index (κ2) is 6.67. The van der Waals surface area contributed by atoms with Gasteiger partial charge in [0.1, 0.15) is 24.0 Å². The summed E-state index contributed by atoms with van der Waals surface area (Å²) >= 11 is 0. The van der Waals surface area contributed by atoms with Crippen molar-refractivity contribution in [2.45, 2.75) is 6.92 Å². The van der Waals surface area contributed by atoms with Gasteiger partial charge in [0.05, 0.1) is 16.6 Å². The summed E-state index contributed by atoms with van der Waals surface area (Å²) in [5.41, 5.74) is 4.96. The first-order valence-electron chi connectivity index (χ1n) is 10.2. The molecule has 152 valence electrons. The fourth-order valence-electron chi connectivity index (χ4n) is 4.35. The lowest BCUT2D eigenvalue weighted by molar-refractivity contribution is 0.634. The molecule has 5 heterocycles. The molecular weight excluding hydrogens is 390 g/mol. The highest BCUT2D eigenvalue weighted by atomic mass is 15.4. The van der Waals surface area contributed by atoms with Crippen molar-refractivity contribution in [3.05, 3.63) is 59.9 Å². The van der Waals surface area contributed by atoms with Gasteiger partial charge in [-0.15, -0.1) is 15.3 Å². The summed E-state index contributed by atoms with van der Waals surface area (Å²) in [6.07, 6.45) is 1.62. The molecule has 9 nitrogen and oxygen atoms in total. The third-order valence-electron chi connectivity index (χ3n) is 5.94. The van der Waals surface area contributed by atoms with Crippen molar-refractivity contribution >= 4 is 34.0 Å². The zero-order valence-electron chi connectivity index (χ0n) is 17.0. The van der Waals surface area contributed by atoms with Crippen LogP contribution in [0.1, 0.15) is 11.1 Å². The Hall–Kier alpha value is -4.19. The largest absolute Gasteiger partial charge is 0.354 e. The number of nitriles is 1. The Balaban J connectivity index is 1.37. The van der Waals surface area contributed by atoms with Crippen LogP contribution in [0.2, 0.25) is 0 Å². The highest BCUT2D eigenvalue weighted by molar-refractivity contribution is 5.85. The Labute approximate surface area is 177 Å². The summed E-state index contributed by atoms with van der Waals surface area (Å²) in [6.45, 7) is 5.35. The number of hydrogen-bond donors (Lipinski definition) is 0. The molecule has 0 bridgehead atoms. The summed E-state index contributed by atoms with van der Waals surface area (Å²) in [4.78, 5) is 9.41. The highest BCUT2D eigenvalue weighted by Gasteiger charge is 2.23. The van der Waals surface area contributed by atoms with E-state index in [1.807, 2.05) is 37.3 Å². The smallest absolute Gasteiger partial charge is 0.177 e. The number of nitrogens with zero attached hydrogens (tertiary/aromatic N) is 9. The summed E-state index contributed by atoms with van der Waals surface area (Å²) in [6, 6.07) is 16.4. The van der Waals surface area contributed by atoms with Gasteiger partial charge in [0.25, 0.3) is 0 Å². The van der Waals surface area contributed by atoms with Crippen LogP contribution in [0.4, 0.5) is 11.6 Å². The van der Waals surface area contributed by atoms with Gasteiger partial charge in [-0.25, -0.2) is 4.98 Å². The molecule has 0 atom stereocenters. The fraction of sp³-hybridized carbons (Fsp3) is 0.227. The number of fused-ring (bicyclic) bond motifs is 4. The molecule has 0 radical (unpaired) electrons. The molecule has 6 rings (SSSR count). The monoisotopic (exact) mass is 409 g/mol. The van der Waals surface area contributed by atoms with Gasteiger partial charge in [0.15, 0.2) is 11.3 Å². The molecular formula is C22H19N9. The lowest BCUT2D eigenvalue weighted by Gasteiger charge is -2.37. The van der Waals surface area contributed by atoms with Crippen LogP contribution < -0.4 is 9.80 Å². The predicted octanol–water partition coefficient (Wildman–Crippen LogP) is 2.43. The van der Waals surface area contributed by atoms with Crippen LogP contribution in [0, 0.1) is 18.3 Å². The number of rotatable bonds is 2. The highest BCUT2D eigenvalue weighted by Crippen LogP contribution is 2.29. The number of hydrogen-bond acceptors (Lipinski definition) is 7. The molecule has 1 fully saturated rings. The van der Waals surface area contributed by atoms with Gasteiger partial charge in [0, 0.05) is 26.2 Å². The van der Waals surface area contributed by atoms with Crippen molar-refractivity contribution in [3.8, 4) is 6.07 Å². The molecule has 1 aliphatic heterocycles. The van der Waals surface area contributed by atoms with Crippen molar-refractivity contribution < 1.29 is 0 Å². The number of anilines is 2. The molecule has 31 heavy (non-hydrogen) atoms. The Morgan fingerprint density at radius 1 is 1.00 bits per heavy atom. The SMILES string of the molecule is Cc1cc(N2CCN(c3ccc4nncn4n3)CC2)n2c(nc3ccccc32)c1C#N. The maximum atomic E-state index is 9.72. The number of para-hydroxylation sites is 2. The molecule has 1 aliphatic rings. The minimum Gasteiger partial charge on any atom is -0.354 e. The molecule has 1 aromatic carbocycles. The third-order valence-corrected chi connectivity index (χ3v) is 5.94. The van der Waals surface area contributed by atoms with Crippen LogP contribution in [0.3, 0.4) is 0 Å². The molecule has 0 N–H and O–H groups in total. The van der Waals surface area contributed by atoms with Crippen molar-refractivity contribution in [1.82, 2.24) is 29.2 Å². The first-order chi connectivity index (χ1) is 15.2. The van der Waals surface area contributed by atoms with E-state index >= 15 is 0 Å². The van der Waals surface area contributed by atoms with Crippen LogP contribution in [0.15, 0.2) is 48.8 Å². The van der Waals surface area contributed by atoms with Gasteiger partial charge in [-0.3, -0.25) is 4.40 Å². The zero-order valence-corrected chi connectivity index (χ0v) is 17.0. The summed E-state index contributed by atoms with van der Waals surface area (Å²) in [7, 11) is 0. The fourth-order valence-corrected chi connectivity index (χ4v) is 4.35. The van der Waals surface area contributed by atoms with Crippen molar-refractivity contribution in [1.29, 1.82) is 5.26 Å². The van der Waals surface area contributed by atoms with E-state index in [1.165, 1.54) is 0 Å². The number of imidazole rings is 1. The first-order valence-corrected chi connectivity index (χ1v) is 10.2. The first kappa shape index (κ1) is 17.7. The van der Waals surface area contributed by atoms with E-state index in [4.69, 9.17) is 4.98 Å². The number of aryl methyl sites for hydroxylation is 1. The molecule has 0 unspecified atom stereocenters. The standard InChI is InChI=1S/C22H19N9/c1-15-12-21(31-18-5-3-2-4-17(18)25-22(31)16(15)13-23)29-10-8-28(9-11-29)20-7-6-19-26-24-14-30(19)27-20/h2-7,12,14H,8-11H2,1H3. The molecule has 0 spiro atoms. The van der Waals surface area contributed by atoms with Gasteiger partial charge in [-0.05, 0) is 42.8 Å². The minimum absolute atomic E-state index is 0.630. The Morgan fingerprint density at radius 2 is 1.81 bits per heavy atom. The van der Waals surface area contributed by atoms with Crippen LogP contribution in [-0.2, 0) is 0 Å². The number of pyridine rings is 1. The van der Waals surface area contributed by atoms with Crippen molar-refractivity contribution in [2.75, 3.05) is 36.0 Å². The summed E-state index contributed by atoms with van der Waals surface area (Å²) < 4.78 is 3.82. The van der Waals surface area contributed by atoms with Crippen LogP contribution in [0.5, 0.6) is 0 Å². The van der Waals surface area contributed by atoms with Crippen LogP contribution in [-0.4, -0.2) is 55.4 Å². The molecule has 4 aromatic heterocycles. The van der Waals surface area contributed by atoms with E-state index in [1.54, 1.807) is 10.8 Å². The number of benzene rings is 1. The van der Waals surface area contributed by atoms with Crippen molar-refractivity contribution in [3.63, 3.8) is 0 Å². The van der Waals surface area contributed by atoms with Gasteiger partial charge in [-0.1, -0.05) is 12.1 Å². The Bertz CT molecular complexity index is 1480. The van der Waals surface area contributed by atoms with E-state index < -0.39 is 0 Å². The summed E-state index contributed by atoms with van der Waals surface area (Å²) in [5.74, 6) is 1.99. The molecule has 0 amide bonds. The van der Waals surface area contributed by atoms with Gasteiger partial charge in [0.2, 0.25) is 0 Å². The Morgan fingerprint density at radius 3 is 2.65 bits per heavy atom. The van der Waals surface area contributed by atoms with E-state index in [0.29, 0.717) is 5.56 Å². The average molecular weight is 409 g/mol. The van der Waals surface area contributed by atoms with Gasteiger partial charge in [-0.2, -0.15) is 9.78 Å². The number of aromatic nitrogens is 6. The third kappa shape index (κ3) is 2.69. The second-order valence-electron chi connectivity index (χ2n) is 7.73. The van der Waals surface area contributed by atoms with E-state index in [2.05, 4.69) is 47.7 Å². The average Bonchev–Trinajstić information content (AvgIpc) is 3.43. The van der Waals surface area contributed by atoms with E-state index in [9.17, 15) is 5.26 Å². The molecule has 1 saturated heterocycles. The molecule has 0 aliphatic carbocycles. The normalized spacial score (nSPS) is 14.6. The summed E-state index contributed by atoms with van der Waals surface area (Å²) in [5, 5.41) is 22.3. The lowest BCUT2D eigenvalue weighted by atomic mass is 10.1. The minimum atomic E-state index is 0.630. The van der Waals surface area contributed by atoms with Crippen molar-refractivity contribution in [2.24, 2.45) is 0 Å². The van der Waals surface area contributed by atoms with E-state index in [-0.39, 0.29) is 0 Å². The molecule has 5 aromatic rings. The Kier molecular flexibility index (Phi) is 3.80. The lowest BCUT2D eigenvalue weighted by Crippen LogP contribution is -2.47. The maximum absolute atomic E-state index is 9.72. The molecule has 9 heteroatoms. The molecule has 0 saturated carbocycles. The topological polar surface area (TPSA) is 90.7 Å². The number of piperazine rings is 1. The van der Waals surface area contributed by atoms with Crippen LogP contribution in [0.25, 0.3) is 22.3 Å². The quantitative estimate of drug-likeness (QED) is 0.442. The maximum Gasteiger partial charge on any atom is 0.177 e. The second-order valence-corrected chi connectivity index (χ2v) is 7.73. The van der Waals surface area contributed by atoms with Gasteiger partial charge >= 0.3 is 0 Å². The predicted molar refractivity (Wildman–Crippen MR) is 117 cm³/mol. The van der Waals surface area contributed by atoms with E-state index in [0.717, 1.165) is 65.7 Å². The van der Waals surface area contributed by atoms with Gasteiger partial charge < -0.3 is 9.80 Å².